The van der Waals surface area contributed by atoms with Gasteiger partial charge in [0.25, 0.3) is 0 Å². The lowest BCUT2D eigenvalue weighted by Gasteiger charge is -2.32. The molecule has 3 heteroatoms. The molecule has 2 heterocycles. The first-order valence-corrected chi connectivity index (χ1v) is 7.52. The van der Waals surface area contributed by atoms with Gasteiger partial charge in [-0.05, 0) is 43.9 Å². The van der Waals surface area contributed by atoms with Gasteiger partial charge in [-0.15, -0.1) is 0 Å². The van der Waals surface area contributed by atoms with Gasteiger partial charge >= 0.3 is 0 Å². The monoisotopic (exact) mass is 269 g/mol. The molecule has 1 aromatic carbocycles. The van der Waals surface area contributed by atoms with Crippen molar-refractivity contribution in [2.75, 3.05) is 5.32 Å². The molecule has 0 amide bonds. The minimum absolute atomic E-state index is 0.432. The van der Waals surface area contributed by atoms with Crippen molar-refractivity contribution in [2.45, 2.75) is 45.7 Å². The van der Waals surface area contributed by atoms with Crippen molar-refractivity contribution in [3.63, 3.8) is 0 Å². The molecular formula is C17H23N3. The van der Waals surface area contributed by atoms with E-state index in [9.17, 15) is 0 Å². The molecule has 0 radical (unpaired) electrons. The van der Waals surface area contributed by atoms with Gasteiger partial charge in [0.05, 0.1) is 5.69 Å². The molecule has 0 saturated carbocycles. The van der Waals surface area contributed by atoms with Gasteiger partial charge in [0.1, 0.15) is 0 Å². The van der Waals surface area contributed by atoms with E-state index >= 15 is 0 Å². The zero-order chi connectivity index (χ0) is 14.1. The highest BCUT2D eigenvalue weighted by Gasteiger charge is 2.25. The van der Waals surface area contributed by atoms with Crippen molar-refractivity contribution in [3.05, 3.63) is 47.8 Å². The summed E-state index contributed by atoms with van der Waals surface area (Å²) in [5.74, 6) is 0.633. The molecule has 0 spiro atoms. The van der Waals surface area contributed by atoms with E-state index in [-0.39, 0.29) is 0 Å². The summed E-state index contributed by atoms with van der Waals surface area (Å²) in [4.78, 5) is 0. The average Bonchev–Trinajstić information content (AvgIpc) is 2.88. The van der Waals surface area contributed by atoms with Crippen molar-refractivity contribution >= 4 is 5.69 Å². The fourth-order valence-corrected chi connectivity index (χ4v) is 2.92. The van der Waals surface area contributed by atoms with Gasteiger partial charge in [0.2, 0.25) is 0 Å². The average molecular weight is 269 g/mol. The van der Waals surface area contributed by atoms with Crippen LogP contribution in [0.4, 0.5) is 5.69 Å². The summed E-state index contributed by atoms with van der Waals surface area (Å²) in [7, 11) is 0. The first-order valence-electron chi connectivity index (χ1n) is 7.52. The molecule has 106 valence electrons. The van der Waals surface area contributed by atoms with Crippen LogP contribution >= 0.6 is 0 Å². The molecule has 2 unspecified atom stereocenters. The summed E-state index contributed by atoms with van der Waals surface area (Å²) >= 11 is 0. The lowest BCUT2D eigenvalue weighted by atomic mass is 9.86. The van der Waals surface area contributed by atoms with Crippen molar-refractivity contribution in [1.82, 2.24) is 9.78 Å². The molecular weight excluding hydrogens is 246 g/mol. The summed E-state index contributed by atoms with van der Waals surface area (Å²) in [6.45, 7) is 6.65. The zero-order valence-corrected chi connectivity index (χ0v) is 12.5. The highest BCUT2D eigenvalue weighted by Crippen LogP contribution is 2.29. The Hall–Kier alpha value is -1.77. The van der Waals surface area contributed by atoms with Gasteiger partial charge in [-0.1, -0.05) is 25.1 Å². The molecule has 0 saturated heterocycles. The second kappa shape index (κ2) is 5.31. The number of hydrogen-bond acceptors (Lipinski definition) is 2. The standard InChI is InChI=1S/C17H23N3/c1-12(2)20-9-8-15(19-20)11-17-13(3)10-14-6-4-5-7-16(14)18-17/h4-9,12-13,17-18H,10-11H2,1-3H3. The lowest BCUT2D eigenvalue weighted by Crippen LogP contribution is -2.35. The molecule has 0 aliphatic carbocycles. The van der Waals surface area contributed by atoms with Crippen molar-refractivity contribution in [1.29, 1.82) is 0 Å². The quantitative estimate of drug-likeness (QED) is 0.921. The highest BCUT2D eigenvalue weighted by atomic mass is 15.3. The zero-order valence-electron chi connectivity index (χ0n) is 12.5. The number of benzene rings is 1. The summed E-state index contributed by atoms with van der Waals surface area (Å²) in [6.07, 6.45) is 4.23. The smallest absolute Gasteiger partial charge is 0.0645 e. The maximum absolute atomic E-state index is 4.67. The van der Waals surface area contributed by atoms with Crippen molar-refractivity contribution in [2.24, 2.45) is 5.92 Å². The van der Waals surface area contributed by atoms with Crippen molar-refractivity contribution in [3.8, 4) is 0 Å². The van der Waals surface area contributed by atoms with E-state index < -0.39 is 0 Å². The van der Waals surface area contributed by atoms with E-state index in [1.165, 1.54) is 16.9 Å². The number of anilines is 1. The molecule has 3 nitrogen and oxygen atoms in total. The number of para-hydroxylation sites is 1. The molecule has 0 bridgehead atoms. The van der Waals surface area contributed by atoms with Gasteiger partial charge < -0.3 is 5.32 Å². The van der Waals surface area contributed by atoms with E-state index in [1.54, 1.807) is 0 Å². The van der Waals surface area contributed by atoms with Gasteiger partial charge in [-0.25, -0.2) is 0 Å². The second-order valence-electron chi connectivity index (χ2n) is 6.17. The number of aromatic nitrogens is 2. The van der Waals surface area contributed by atoms with Crippen LogP contribution in [0.3, 0.4) is 0 Å². The number of fused-ring (bicyclic) bond motifs is 1. The van der Waals surface area contributed by atoms with Crippen LogP contribution in [-0.4, -0.2) is 15.8 Å². The molecule has 2 atom stereocenters. The first kappa shape index (κ1) is 13.2. The Kier molecular flexibility index (Phi) is 3.51. The third-order valence-electron chi connectivity index (χ3n) is 4.21. The molecule has 1 aliphatic heterocycles. The minimum Gasteiger partial charge on any atom is -0.381 e. The SMILES string of the molecule is CC1Cc2ccccc2NC1Cc1ccn(C(C)C)n1. The molecule has 1 aromatic heterocycles. The summed E-state index contributed by atoms with van der Waals surface area (Å²) < 4.78 is 2.04. The lowest BCUT2D eigenvalue weighted by molar-refractivity contribution is 0.452. The van der Waals surface area contributed by atoms with Gasteiger partial charge in [-0.3, -0.25) is 4.68 Å². The van der Waals surface area contributed by atoms with Crippen LogP contribution in [0, 0.1) is 5.92 Å². The molecule has 1 N–H and O–H groups in total. The molecule has 1 aliphatic rings. The predicted molar refractivity (Wildman–Crippen MR) is 83.0 cm³/mol. The maximum Gasteiger partial charge on any atom is 0.0645 e. The fraction of sp³-hybridized carbons (Fsp3) is 0.471. The van der Waals surface area contributed by atoms with Gasteiger partial charge in [-0.2, -0.15) is 5.10 Å². The highest BCUT2D eigenvalue weighted by molar-refractivity contribution is 5.54. The third kappa shape index (κ3) is 2.58. The summed E-state index contributed by atoms with van der Waals surface area (Å²) in [5.41, 5.74) is 3.91. The Morgan fingerprint density at radius 2 is 2.10 bits per heavy atom. The van der Waals surface area contributed by atoms with Crippen LogP contribution in [0.1, 0.15) is 38.1 Å². The Bertz CT molecular complexity index is 585. The molecule has 20 heavy (non-hydrogen) atoms. The van der Waals surface area contributed by atoms with Crippen LogP contribution in [0.25, 0.3) is 0 Å². The predicted octanol–water partition coefficient (Wildman–Crippen LogP) is 3.68. The Morgan fingerprint density at radius 3 is 2.85 bits per heavy atom. The molecule has 0 fully saturated rings. The fourth-order valence-electron chi connectivity index (χ4n) is 2.92. The largest absolute Gasteiger partial charge is 0.381 e. The van der Waals surface area contributed by atoms with E-state index in [0.29, 0.717) is 18.0 Å². The minimum atomic E-state index is 0.432. The van der Waals surface area contributed by atoms with Gasteiger partial charge in [0, 0.05) is 30.4 Å². The van der Waals surface area contributed by atoms with Crippen LogP contribution in [0.15, 0.2) is 36.5 Å². The van der Waals surface area contributed by atoms with E-state index in [0.717, 1.165) is 12.8 Å². The van der Waals surface area contributed by atoms with Crippen LogP contribution in [-0.2, 0) is 12.8 Å². The first-order chi connectivity index (χ1) is 9.63. The van der Waals surface area contributed by atoms with E-state index in [1.807, 2.05) is 4.68 Å². The summed E-state index contributed by atoms with van der Waals surface area (Å²) in [6, 6.07) is 11.7. The van der Waals surface area contributed by atoms with E-state index in [4.69, 9.17) is 0 Å². The van der Waals surface area contributed by atoms with Crippen LogP contribution < -0.4 is 5.32 Å². The Balaban J connectivity index is 1.74. The van der Waals surface area contributed by atoms with E-state index in [2.05, 4.69) is 67.7 Å². The Morgan fingerprint density at radius 1 is 1.30 bits per heavy atom. The topological polar surface area (TPSA) is 29.9 Å². The number of rotatable bonds is 3. The second-order valence-corrected chi connectivity index (χ2v) is 6.17. The number of nitrogens with zero attached hydrogens (tertiary/aromatic N) is 2. The molecule has 2 aromatic rings. The maximum atomic E-state index is 4.67. The number of nitrogens with one attached hydrogen (secondary N) is 1. The van der Waals surface area contributed by atoms with Crippen LogP contribution in [0.5, 0.6) is 0 Å². The number of hydrogen-bond donors (Lipinski definition) is 1. The van der Waals surface area contributed by atoms with Crippen LogP contribution in [0.2, 0.25) is 0 Å². The van der Waals surface area contributed by atoms with Gasteiger partial charge in [0.15, 0.2) is 0 Å². The third-order valence-corrected chi connectivity index (χ3v) is 4.21. The Labute approximate surface area is 121 Å². The van der Waals surface area contributed by atoms with Crippen molar-refractivity contribution < 1.29 is 0 Å². The normalized spacial score (nSPS) is 21.6. The molecule has 3 rings (SSSR count). The summed E-state index contributed by atoms with van der Waals surface area (Å²) in [5, 5.41) is 8.36.